The van der Waals surface area contributed by atoms with E-state index in [-0.39, 0.29) is 12.2 Å². The summed E-state index contributed by atoms with van der Waals surface area (Å²) < 4.78 is 6.41. The summed E-state index contributed by atoms with van der Waals surface area (Å²) in [5.41, 5.74) is 3.30. The number of halogens is 1. The van der Waals surface area contributed by atoms with Crippen LogP contribution in [-0.4, -0.2) is 54.2 Å². The Kier molecular flexibility index (Phi) is 11.3. The standard InChI is InChI=1S/C35H36ClN3O4S/c36-27-16-19-30(20-17-27)44-23-29-22-37-21-28(43-29)18-15-24-9-7-8-14-31(24)38-34(40)33(39-35(41)42)32(25-10-3-1-4-11-25)26-12-5-2-6-13-26/h1-14,16-17,19-20,28-29,32-33,37,39H,15,18,21-23H2,(H,38,40)(H,41,42)/t28?,29-,33-/m0/s1. The molecule has 4 aromatic rings. The first-order valence-electron chi connectivity index (χ1n) is 14.7. The number of carboxylic acid groups (broad SMARTS) is 1. The van der Waals surface area contributed by atoms with Crippen LogP contribution in [0.2, 0.25) is 5.02 Å². The van der Waals surface area contributed by atoms with Crippen molar-refractivity contribution in [3.63, 3.8) is 0 Å². The smallest absolute Gasteiger partial charge is 0.405 e. The van der Waals surface area contributed by atoms with Crippen molar-refractivity contribution in [1.82, 2.24) is 10.6 Å². The highest BCUT2D eigenvalue weighted by Gasteiger charge is 2.33. The van der Waals surface area contributed by atoms with Crippen molar-refractivity contribution >= 4 is 41.1 Å². The fourth-order valence-corrected chi connectivity index (χ4v) is 6.51. The van der Waals surface area contributed by atoms with Crippen molar-refractivity contribution in [2.45, 2.75) is 41.9 Å². The van der Waals surface area contributed by atoms with E-state index in [0.717, 1.165) is 51.9 Å². The number of ether oxygens (including phenoxy) is 1. The van der Waals surface area contributed by atoms with Gasteiger partial charge in [-0.2, -0.15) is 0 Å². The van der Waals surface area contributed by atoms with Gasteiger partial charge in [0.25, 0.3) is 0 Å². The lowest BCUT2D eigenvalue weighted by Gasteiger charge is -2.31. The van der Waals surface area contributed by atoms with Gasteiger partial charge in [-0.05, 0) is 59.9 Å². The summed E-state index contributed by atoms with van der Waals surface area (Å²) >= 11 is 7.76. The van der Waals surface area contributed by atoms with Gasteiger partial charge in [0.1, 0.15) is 6.04 Å². The fourth-order valence-electron chi connectivity index (χ4n) is 5.48. The Balaban J connectivity index is 1.26. The zero-order chi connectivity index (χ0) is 30.7. The van der Waals surface area contributed by atoms with Crippen LogP contribution in [0, 0.1) is 0 Å². The normalized spacial score (nSPS) is 17.1. The van der Waals surface area contributed by atoms with Gasteiger partial charge >= 0.3 is 6.09 Å². The van der Waals surface area contributed by atoms with E-state index in [0.29, 0.717) is 12.1 Å². The largest absolute Gasteiger partial charge is 0.465 e. The van der Waals surface area contributed by atoms with E-state index >= 15 is 0 Å². The molecule has 1 aliphatic rings. The highest BCUT2D eigenvalue weighted by molar-refractivity contribution is 7.99. The van der Waals surface area contributed by atoms with Crippen LogP contribution in [0.3, 0.4) is 0 Å². The van der Waals surface area contributed by atoms with Crippen LogP contribution in [0.5, 0.6) is 0 Å². The molecule has 3 atom stereocenters. The number of amides is 2. The minimum atomic E-state index is -1.26. The molecule has 0 bridgehead atoms. The van der Waals surface area contributed by atoms with E-state index in [9.17, 15) is 14.7 Å². The molecule has 1 fully saturated rings. The van der Waals surface area contributed by atoms with Gasteiger partial charge in [0.2, 0.25) is 5.91 Å². The first-order chi connectivity index (χ1) is 21.5. The van der Waals surface area contributed by atoms with Crippen LogP contribution in [0.15, 0.2) is 114 Å². The van der Waals surface area contributed by atoms with Crippen molar-refractivity contribution in [3.05, 3.63) is 131 Å². The highest BCUT2D eigenvalue weighted by atomic mass is 35.5. The van der Waals surface area contributed by atoms with Gasteiger partial charge in [-0.25, -0.2) is 4.79 Å². The Morgan fingerprint density at radius 3 is 2.14 bits per heavy atom. The second kappa shape index (κ2) is 15.8. The second-order valence-electron chi connectivity index (χ2n) is 10.7. The predicted molar refractivity (Wildman–Crippen MR) is 177 cm³/mol. The minimum Gasteiger partial charge on any atom is -0.465 e. The van der Waals surface area contributed by atoms with Crippen molar-refractivity contribution in [3.8, 4) is 0 Å². The molecule has 228 valence electrons. The Hall–Kier alpha value is -3.82. The second-order valence-corrected chi connectivity index (χ2v) is 12.2. The summed E-state index contributed by atoms with van der Waals surface area (Å²) in [5.74, 6) is -0.114. The van der Waals surface area contributed by atoms with E-state index < -0.39 is 24.0 Å². The molecule has 9 heteroatoms. The summed E-state index contributed by atoms with van der Waals surface area (Å²) in [6.45, 7) is 1.56. The van der Waals surface area contributed by atoms with Crippen molar-refractivity contribution in [1.29, 1.82) is 0 Å². The summed E-state index contributed by atoms with van der Waals surface area (Å²) in [6, 6.07) is 33.4. The number of thioether (sulfide) groups is 1. The molecule has 1 saturated heterocycles. The van der Waals surface area contributed by atoms with Crippen LogP contribution < -0.4 is 16.0 Å². The molecule has 0 aliphatic carbocycles. The molecule has 2 amide bonds. The van der Waals surface area contributed by atoms with Gasteiger partial charge in [-0.1, -0.05) is 90.5 Å². The van der Waals surface area contributed by atoms with Crippen molar-refractivity contribution in [2.75, 3.05) is 24.2 Å². The number of aryl methyl sites for hydroxylation is 1. The van der Waals surface area contributed by atoms with Gasteiger partial charge in [0, 0.05) is 40.4 Å². The lowest BCUT2D eigenvalue weighted by molar-refractivity contribution is -0.118. The molecule has 0 spiro atoms. The summed E-state index contributed by atoms with van der Waals surface area (Å²) in [7, 11) is 0. The molecule has 44 heavy (non-hydrogen) atoms. The molecule has 0 aromatic heterocycles. The number of morpholine rings is 1. The molecule has 4 aromatic carbocycles. The van der Waals surface area contributed by atoms with Crippen LogP contribution in [0.25, 0.3) is 0 Å². The number of para-hydroxylation sites is 1. The number of carbonyl (C=O) groups is 2. The SMILES string of the molecule is O=C(O)N[C@H](C(=O)Nc1ccccc1CCC1CNC[C@@H](CSc2ccc(Cl)cc2)O1)C(c1ccccc1)c1ccccc1. The number of anilines is 1. The Morgan fingerprint density at radius 1 is 0.864 bits per heavy atom. The van der Waals surface area contributed by atoms with E-state index in [1.165, 1.54) is 0 Å². The third-order valence-corrected chi connectivity index (χ3v) is 9.00. The molecular weight excluding hydrogens is 594 g/mol. The van der Waals surface area contributed by atoms with E-state index in [2.05, 4.69) is 16.0 Å². The van der Waals surface area contributed by atoms with Crippen molar-refractivity contribution in [2.24, 2.45) is 0 Å². The van der Waals surface area contributed by atoms with E-state index in [1.54, 1.807) is 11.8 Å². The highest BCUT2D eigenvalue weighted by Crippen LogP contribution is 2.30. The van der Waals surface area contributed by atoms with Gasteiger partial charge in [0.05, 0.1) is 12.2 Å². The average Bonchev–Trinajstić information content (AvgIpc) is 3.05. The minimum absolute atomic E-state index is 0.0327. The van der Waals surface area contributed by atoms with Crippen LogP contribution in [-0.2, 0) is 16.0 Å². The third kappa shape index (κ3) is 8.86. The Morgan fingerprint density at radius 2 is 1.48 bits per heavy atom. The van der Waals surface area contributed by atoms with Crippen LogP contribution in [0.4, 0.5) is 10.5 Å². The molecule has 7 nitrogen and oxygen atoms in total. The number of carbonyl (C=O) groups excluding carboxylic acids is 1. The maximum atomic E-state index is 13.9. The fraction of sp³-hybridized carbons (Fsp3) is 0.257. The molecule has 0 radical (unpaired) electrons. The molecule has 4 N–H and O–H groups in total. The van der Waals surface area contributed by atoms with E-state index in [1.807, 2.05) is 109 Å². The van der Waals surface area contributed by atoms with Crippen LogP contribution in [0.1, 0.15) is 29.0 Å². The summed E-state index contributed by atoms with van der Waals surface area (Å²) in [5, 5.41) is 19.5. The lowest BCUT2D eigenvalue weighted by Crippen LogP contribution is -2.47. The Labute approximate surface area is 267 Å². The molecule has 1 unspecified atom stereocenters. The van der Waals surface area contributed by atoms with Gasteiger partial charge in [-0.15, -0.1) is 11.8 Å². The monoisotopic (exact) mass is 629 g/mol. The predicted octanol–water partition coefficient (Wildman–Crippen LogP) is 6.83. The number of rotatable bonds is 12. The number of benzene rings is 4. The summed E-state index contributed by atoms with van der Waals surface area (Å²) in [6.07, 6.45) is 0.319. The van der Waals surface area contributed by atoms with Gasteiger partial charge < -0.3 is 25.8 Å². The van der Waals surface area contributed by atoms with Gasteiger partial charge in [-0.3, -0.25) is 4.79 Å². The number of nitrogens with one attached hydrogen (secondary N) is 3. The molecule has 0 saturated carbocycles. The zero-order valence-electron chi connectivity index (χ0n) is 24.2. The first kappa shape index (κ1) is 31.6. The number of hydrogen-bond acceptors (Lipinski definition) is 5. The zero-order valence-corrected chi connectivity index (χ0v) is 25.8. The van der Waals surface area contributed by atoms with Gasteiger partial charge in [0.15, 0.2) is 0 Å². The maximum absolute atomic E-state index is 13.9. The van der Waals surface area contributed by atoms with Crippen molar-refractivity contribution < 1.29 is 19.4 Å². The Bertz CT molecular complexity index is 1470. The maximum Gasteiger partial charge on any atom is 0.405 e. The molecule has 1 aliphatic heterocycles. The third-order valence-electron chi connectivity index (χ3n) is 7.60. The number of hydrogen-bond donors (Lipinski definition) is 4. The molecule has 1 heterocycles. The molecule has 5 rings (SSSR count). The summed E-state index contributed by atoms with van der Waals surface area (Å²) in [4.78, 5) is 26.9. The first-order valence-corrected chi connectivity index (χ1v) is 16.1. The topological polar surface area (TPSA) is 99.7 Å². The average molecular weight is 630 g/mol. The quantitative estimate of drug-likeness (QED) is 0.128. The molecular formula is C35H36ClN3O4S. The lowest BCUT2D eigenvalue weighted by atomic mass is 9.84. The van der Waals surface area contributed by atoms with E-state index in [4.69, 9.17) is 16.3 Å². The van der Waals surface area contributed by atoms with Crippen LogP contribution >= 0.6 is 23.4 Å².